The number of aryl methyl sites for hydroxylation is 1. The van der Waals surface area contributed by atoms with Gasteiger partial charge in [0.2, 0.25) is 0 Å². The van der Waals surface area contributed by atoms with Gasteiger partial charge in [-0.15, -0.1) is 0 Å². The van der Waals surface area contributed by atoms with Crippen molar-refractivity contribution in [2.45, 2.75) is 19.9 Å². The molecule has 0 spiro atoms. The topological polar surface area (TPSA) is 59.2 Å². The molecule has 0 saturated carbocycles. The maximum absolute atomic E-state index is 12.7. The molecule has 3 aromatic rings. The SMILES string of the molecule is Cc1noc(-c2ccc(C(=O)N3CCc4ccccc4C3)cc2)n1. The summed E-state index contributed by atoms with van der Waals surface area (Å²) in [5.41, 5.74) is 4.06. The van der Waals surface area contributed by atoms with Gasteiger partial charge in [0.1, 0.15) is 0 Å². The maximum Gasteiger partial charge on any atom is 0.257 e. The highest BCUT2D eigenvalue weighted by Gasteiger charge is 2.21. The van der Waals surface area contributed by atoms with Crippen molar-refractivity contribution >= 4 is 5.91 Å². The van der Waals surface area contributed by atoms with Crippen LogP contribution in [0, 0.1) is 6.92 Å². The number of carbonyl (C=O) groups is 1. The van der Waals surface area contributed by atoms with Crippen LogP contribution in [0.5, 0.6) is 0 Å². The summed E-state index contributed by atoms with van der Waals surface area (Å²) < 4.78 is 5.15. The van der Waals surface area contributed by atoms with Gasteiger partial charge in [0, 0.05) is 24.2 Å². The average molecular weight is 319 g/mol. The number of aromatic nitrogens is 2. The Kier molecular flexibility index (Phi) is 3.61. The molecular weight excluding hydrogens is 302 g/mol. The molecule has 1 aliphatic rings. The Morgan fingerprint density at radius 3 is 2.54 bits per heavy atom. The van der Waals surface area contributed by atoms with E-state index in [2.05, 4.69) is 22.3 Å². The van der Waals surface area contributed by atoms with E-state index in [1.807, 2.05) is 41.3 Å². The lowest BCUT2D eigenvalue weighted by atomic mass is 9.99. The lowest BCUT2D eigenvalue weighted by molar-refractivity contribution is 0.0734. The molecule has 0 fully saturated rings. The summed E-state index contributed by atoms with van der Waals surface area (Å²) in [7, 11) is 0. The van der Waals surface area contributed by atoms with Gasteiger partial charge in [0.05, 0.1) is 0 Å². The summed E-state index contributed by atoms with van der Waals surface area (Å²) in [4.78, 5) is 18.8. The fraction of sp³-hybridized carbons (Fsp3) is 0.211. The van der Waals surface area contributed by atoms with Crippen molar-refractivity contribution in [3.8, 4) is 11.5 Å². The Bertz CT molecular complexity index is 884. The highest BCUT2D eigenvalue weighted by Crippen LogP contribution is 2.22. The molecule has 4 rings (SSSR count). The molecule has 0 radical (unpaired) electrons. The zero-order valence-corrected chi connectivity index (χ0v) is 13.4. The Morgan fingerprint density at radius 1 is 1.08 bits per heavy atom. The second-order valence-corrected chi connectivity index (χ2v) is 5.97. The molecule has 1 aromatic heterocycles. The number of rotatable bonds is 2. The standard InChI is InChI=1S/C19H17N3O2/c1-13-20-18(24-21-13)15-6-8-16(9-7-15)19(23)22-11-10-14-4-2-3-5-17(14)12-22/h2-9H,10-12H2,1H3. The minimum atomic E-state index is 0.0535. The molecule has 0 unspecified atom stereocenters. The number of hydrogen-bond acceptors (Lipinski definition) is 4. The number of amides is 1. The van der Waals surface area contributed by atoms with Crippen molar-refractivity contribution in [1.29, 1.82) is 0 Å². The normalized spacial score (nSPS) is 13.6. The molecule has 5 heteroatoms. The van der Waals surface area contributed by atoms with Gasteiger partial charge in [-0.2, -0.15) is 4.98 Å². The molecule has 24 heavy (non-hydrogen) atoms. The lowest BCUT2D eigenvalue weighted by Crippen LogP contribution is -2.35. The molecule has 5 nitrogen and oxygen atoms in total. The first-order valence-corrected chi connectivity index (χ1v) is 7.97. The molecule has 0 aliphatic carbocycles. The van der Waals surface area contributed by atoms with Crippen LogP contribution in [-0.4, -0.2) is 27.5 Å². The van der Waals surface area contributed by atoms with Gasteiger partial charge in [-0.1, -0.05) is 29.4 Å². The zero-order valence-electron chi connectivity index (χ0n) is 13.4. The van der Waals surface area contributed by atoms with E-state index in [-0.39, 0.29) is 5.91 Å². The molecule has 120 valence electrons. The molecule has 1 aliphatic heterocycles. The fourth-order valence-corrected chi connectivity index (χ4v) is 3.02. The highest BCUT2D eigenvalue weighted by atomic mass is 16.5. The summed E-state index contributed by atoms with van der Waals surface area (Å²) in [6, 6.07) is 15.6. The van der Waals surface area contributed by atoms with Crippen LogP contribution in [0.15, 0.2) is 53.1 Å². The van der Waals surface area contributed by atoms with Crippen LogP contribution in [-0.2, 0) is 13.0 Å². The van der Waals surface area contributed by atoms with E-state index in [1.54, 1.807) is 6.92 Å². The van der Waals surface area contributed by atoms with Crippen LogP contribution in [0.1, 0.15) is 27.3 Å². The fourth-order valence-electron chi connectivity index (χ4n) is 3.02. The van der Waals surface area contributed by atoms with Crippen molar-refractivity contribution < 1.29 is 9.32 Å². The zero-order chi connectivity index (χ0) is 16.5. The predicted molar refractivity (Wildman–Crippen MR) is 89.4 cm³/mol. The first-order chi connectivity index (χ1) is 11.7. The molecular formula is C19H17N3O2. The van der Waals surface area contributed by atoms with Crippen molar-refractivity contribution in [3.63, 3.8) is 0 Å². The van der Waals surface area contributed by atoms with Gasteiger partial charge < -0.3 is 9.42 Å². The maximum atomic E-state index is 12.7. The van der Waals surface area contributed by atoms with E-state index >= 15 is 0 Å². The van der Waals surface area contributed by atoms with Crippen LogP contribution >= 0.6 is 0 Å². The smallest absolute Gasteiger partial charge is 0.257 e. The van der Waals surface area contributed by atoms with Crippen LogP contribution in [0.3, 0.4) is 0 Å². The molecule has 1 amide bonds. The lowest BCUT2D eigenvalue weighted by Gasteiger charge is -2.29. The third-order valence-corrected chi connectivity index (χ3v) is 4.32. The van der Waals surface area contributed by atoms with E-state index in [9.17, 15) is 4.79 Å². The minimum Gasteiger partial charge on any atom is -0.334 e. The predicted octanol–water partition coefficient (Wildman–Crippen LogP) is 3.24. The quantitative estimate of drug-likeness (QED) is 0.727. The number of nitrogens with zero attached hydrogens (tertiary/aromatic N) is 3. The summed E-state index contributed by atoms with van der Waals surface area (Å²) in [5, 5.41) is 3.78. The summed E-state index contributed by atoms with van der Waals surface area (Å²) >= 11 is 0. The average Bonchev–Trinajstić information content (AvgIpc) is 3.07. The van der Waals surface area contributed by atoms with Crippen molar-refractivity contribution in [3.05, 3.63) is 71.0 Å². The third kappa shape index (κ3) is 2.69. The molecule has 0 atom stereocenters. The second kappa shape index (κ2) is 5.92. The molecule has 0 N–H and O–H groups in total. The summed E-state index contributed by atoms with van der Waals surface area (Å²) in [6.07, 6.45) is 0.904. The van der Waals surface area contributed by atoms with E-state index in [0.29, 0.717) is 23.8 Å². The third-order valence-electron chi connectivity index (χ3n) is 4.32. The number of fused-ring (bicyclic) bond motifs is 1. The Labute approximate surface area is 139 Å². The molecule has 2 heterocycles. The van der Waals surface area contributed by atoms with E-state index in [1.165, 1.54) is 11.1 Å². The van der Waals surface area contributed by atoms with Gasteiger partial charge in [0.15, 0.2) is 5.82 Å². The van der Waals surface area contributed by atoms with Crippen LogP contribution in [0.25, 0.3) is 11.5 Å². The van der Waals surface area contributed by atoms with Crippen molar-refractivity contribution in [2.24, 2.45) is 0 Å². The summed E-state index contributed by atoms with van der Waals surface area (Å²) in [6.45, 7) is 3.19. The molecule has 0 bridgehead atoms. The second-order valence-electron chi connectivity index (χ2n) is 5.97. The Hall–Kier alpha value is -2.95. The van der Waals surface area contributed by atoms with Crippen molar-refractivity contribution in [1.82, 2.24) is 15.0 Å². The van der Waals surface area contributed by atoms with Gasteiger partial charge in [-0.3, -0.25) is 4.79 Å². The molecule has 0 saturated heterocycles. The minimum absolute atomic E-state index is 0.0535. The highest BCUT2D eigenvalue weighted by molar-refractivity contribution is 5.94. The van der Waals surface area contributed by atoms with E-state index < -0.39 is 0 Å². The Morgan fingerprint density at radius 2 is 1.83 bits per heavy atom. The number of carbonyl (C=O) groups excluding carboxylic acids is 1. The largest absolute Gasteiger partial charge is 0.334 e. The molecule has 2 aromatic carbocycles. The van der Waals surface area contributed by atoms with Gasteiger partial charge in [-0.05, 0) is 48.7 Å². The number of benzene rings is 2. The first-order valence-electron chi connectivity index (χ1n) is 7.97. The van der Waals surface area contributed by atoms with Crippen LogP contribution in [0.4, 0.5) is 0 Å². The first kappa shape index (κ1) is 14.6. The van der Waals surface area contributed by atoms with E-state index in [4.69, 9.17) is 4.52 Å². The van der Waals surface area contributed by atoms with Crippen LogP contribution < -0.4 is 0 Å². The van der Waals surface area contributed by atoms with Gasteiger partial charge >= 0.3 is 0 Å². The Balaban J connectivity index is 1.53. The monoisotopic (exact) mass is 319 g/mol. The summed E-state index contributed by atoms with van der Waals surface area (Å²) in [5.74, 6) is 1.12. The van der Waals surface area contributed by atoms with E-state index in [0.717, 1.165) is 18.5 Å². The van der Waals surface area contributed by atoms with Crippen molar-refractivity contribution in [2.75, 3.05) is 6.54 Å². The number of hydrogen-bond donors (Lipinski definition) is 0. The van der Waals surface area contributed by atoms with Crippen LogP contribution in [0.2, 0.25) is 0 Å². The van der Waals surface area contributed by atoms with Gasteiger partial charge in [-0.25, -0.2) is 0 Å². The van der Waals surface area contributed by atoms with Gasteiger partial charge in [0.25, 0.3) is 11.8 Å².